The number of anilines is 1. The molecule has 31 heavy (non-hydrogen) atoms. The zero-order valence-electron chi connectivity index (χ0n) is 17.8. The van der Waals surface area contributed by atoms with Gasteiger partial charge in [0.2, 0.25) is 11.8 Å². The number of pyridine rings is 1. The van der Waals surface area contributed by atoms with Crippen LogP contribution in [0.5, 0.6) is 0 Å². The van der Waals surface area contributed by atoms with Crippen LogP contribution < -0.4 is 5.32 Å². The number of aromatic nitrogens is 1. The summed E-state index contributed by atoms with van der Waals surface area (Å²) in [6.45, 7) is 6.96. The number of nitrogens with one attached hydrogen (secondary N) is 1. The van der Waals surface area contributed by atoms with Crippen molar-refractivity contribution in [1.82, 2.24) is 14.8 Å². The molecular weight excluding hydrogens is 416 g/mol. The van der Waals surface area contributed by atoms with Crippen LogP contribution in [0.15, 0.2) is 36.5 Å². The molecule has 1 atom stereocenters. The van der Waals surface area contributed by atoms with Gasteiger partial charge in [-0.3, -0.25) is 14.4 Å². The van der Waals surface area contributed by atoms with Crippen molar-refractivity contribution in [2.75, 3.05) is 25.0 Å². The lowest BCUT2D eigenvalue weighted by Gasteiger charge is -2.40. The van der Waals surface area contributed by atoms with Crippen LogP contribution in [0.3, 0.4) is 0 Å². The molecule has 1 N–H and O–H groups in total. The summed E-state index contributed by atoms with van der Waals surface area (Å²) < 4.78 is 0. The van der Waals surface area contributed by atoms with Crippen molar-refractivity contribution in [3.8, 4) is 11.1 Å². The highest BCUT2D eigenvalue weighted by molar-refractivity contribution is 6.29. The van der Waals surface area contributed by atoms with Crippen molar-refractivity contribution in [3.63, 3.8) is 0 Å². The first-order valence-corrected chi connectivity index (χ1v) is 10.7. The predicted octanol–water partition coefficient (Wildman–Crippen LogP) is 3.44. The third kappa shape index (κ3) is 4.42. The second-order valence-electron chi connectivity index (χ2n) is 9.21. The van der Waals surface area contributed by atoms with Crippen LogP contribution in [0.1, 0.15) is 37.6 Å². The Morgan fingerprint density at radius 2 is 1.90 bits per heavy atom. The Hall–Kier alpha value is -2.93. The van der Waals surface area contributed by atoms with Crippen LogP contribution in [-0.4, -0.2) is 58.2 Å². The molecule has 3 heterocycles. The van der Waals surface area contributed by atoms with Gasteiger partial charge in [-0.2, -0.15) is 0 Å². The van der Waals surface area contributed by atoms with Crippen LogP contribution in [-0.2, 0) is 9.59 Å². The third-order valence-corrected chi connectivity index (χ3v) is 5.77. The van der Waals surface area contributed by atoms with Crippen LogP contribution in [0.25, 0.3) is 11.1 Å². The average molecular weight is 441 g/mol. The maximum absolute atomic E-state index is 13.4. The summed E-state index contributed by atoms with van der Waals surface area (Å²) >= 11 is 5.87. The largest absolute Gasteiger partial charge is 0.338 e. The van der Waals surface area contributed by atoms with E-state index >= 15 is 0 Å². The van der Waals surface area contributed by atoms with Crippen molar-refractivity contribution >= 4 is 35.0 Å². The van der Waals surface area contributed by atoms with E-state index in [1.54, 1.807) is 34.2 Å². The number of carbonyl (C=O) groups is 3. The van der Waals surface area contributed by atoms with Crippen LogP contribution in [0.2, 0.25) is 5.15 Å². The first-order valence-electron chi connectivity index (χ1n) is 10.3. The highest BCUT2D eigenvalue weighted by atomic mass is 35.5. The molecule has 0 aliphatic carbocycles. The molecular formula is C23H25ClN4O3. The van der Waals surface area contributed by atoms with Gasteiger partial charge in [0.1, 0.15) is 11.2 Å². The number of hydrogen-bond donors (Lipinski definition) is 1. The van der Waals surface area contributed by atoms with E-state index in [9.17, 15) is 14.4 Å². The van der Waals surface area contributed by atoms with E-state index in [2.05, 4.69) is 10.3 Å². The number of rotatable bonds is 2. The van der Waals surface area contributed by atoms with Gasteiger partial charge in [0.05, 0.1) is 17.8 Å². The first kappa shape index (κ1) is 21.3. The lowest BCUT2D eigenvalue weighted by molar-refractivity contribution is -0.137. The maximum Gasteiger partial charge on any atom is 0.256 e. The molecule has 0 bridgehead atoms. The molecule has 0 spiro atoms. The van der Waals surface area contributed by atoms with E-state index in [-0.39, 0.29) is 29.7 Å². The Kier molecular flexibility index (Phi) is 5.47. The number of piperazine rings is 1. The van der Waals surface area contributed by atoms with Gasteiger partial charge in [-0.25, -0.2) is 4.98 Å². The van der Waals surface area contributed by atoms with Crippen molar-refractivity contribution in [3.05, 3.63) is 47.2 Å². The van der Waals surface area contributed by atoms with Gasteiger partial charge in [0.25, 0.3) is 5.91 Å². The normalized spacial score (nSPS) is 18.8. The zero-order chi connectivity index (χ0) is 22.3. The van der Waals surface area contributed by atoms with Gasteiger partial charge in [-0.1, -0.05) is 38.4 Å². The Morgan fingerprint density at radius 3 is 2.58 bits per heavy atom. The quantitative estimate of drug-likeness (QED) is 0.725. The molecule has 3 amide bonds. The monoisotopic (exact) mass is 440 g/mol. The maximum atomic E-state index is 13.4. The molecule has 7 nitrogen and oxygen atoms in total. The summed E-state index contributed by atoms with van der Waals surface area (Å²) in [5.41, 5.74) is 2.40. The lowest BCUT2D eigenvalue weighted by Crippen LogP contribution is -2.59. The topological polar surface area (TPSA) is 82.6 Å². The second-order valence-corrected chi connectivity index (χ2v) is 9.60. The van der Waals surface area contributed by atoms with Crippen molar-refractivity contribution in [2.24, 2.45) is 5.41 Å². The van der Waals surface area contributed by atoms with E-state index in [4.69, 9.17) is 11.6 Å². The Bertz CT molecular complexity index is 1050. The van der Waals surface area contributed by atoms with E-state index in [1.807, 2.05) is 32.9 Å². The number of benzene rings is 1. The molecule has 4 rings (SSSR count). The summed E-state index contributed by atoms with van der Waals surface area (Å²) in [4.78, 5) is 46.3. The molecule has 0 radical (unpaired) electrons. The minimum Gasteiger partial charge on any atom is -0.338 e. The standard InChI is InChI=1S/C23H25ClN4O3/c1-23(2,3)11-20(29)27-8-9-28-18(13-27)21(30)26-17-6-4-14(10-16(17)22(28)31)15-5-7-19(24)25-12-15/h4-7,10,12,18H,8-9,11,13H2,1-3H3,(H,26,30). The molecule has 1 aromatic carbocycles. The summed E-state index contributed by atoms with van der Waals surface area (Å²) in [5, 5.41) is 3.26. The number of hydrogen-bond acceptors (Lipinski definition) is 4. The van der Waals surface area contributed by atoms with Gasteiger partial charge >= 0.3 is 0 Å². The zero-order valence-corrected chi connectivity index (χ0v) is 18.6. The summed E-state index contributed by atoms with van der Waals surface area (Å²) in [6, 6.07) is 8.15. The third-order valence-electron chi connectivity index (χ3n) is 5.55. The van der Waals surface area contributed by atoms with Crippen molar-refractivity contribution in [2.45, 2.75) is 33.2 Å². The second kappa shape index (κ2) is 7.96. The highest BCUT2D eigenvalue weighted by Crippen LogP contribution is 2.31. The molecule has 2 aliphatic heterocycles. The Morgan fingerprint density at radius 1 is 1.16 bits per heavy atom. The van der Waals surface area contributed by atoms with E-state index < -0.39 is 6.04 Å². The van der Waals surface area contributed by atoms with E-state index in [1.165, 1.54) is 0 Å². The Balaban J connectivity index is 1.60. The van der Waals surface area contributed by atoms with E-state index in [0.29, 0.717) is 35.9 Å². The van der Waals surface area contributed by atoms with Gasteiger partial charge in [0, 0.05) is 31.3 Å². The highest BCUT2D eigenvalue weighted by Gasteiger charge is 2.40. The fraction of sp³-hybridized carbons (Fsp3) is 0.391. The molecule has 1 saturated heterocycles. The molecule has 1 aromatic heterocycles. The van der Waals surface area contributed by atoms with Gasteiger partial charge in [-0.05, 0) is 35.2 Å². The first-order chi connectivity index (χ1) is 14.6. The summed E-state index contributed by atoms with van der Waals surface area (Å²) in [5.74, 6) is -0.488. The lowest BCUT2D eigenvalue weighted by atomic mass is 9.91. The number of fused-ring (bicyclic) bond motifs is 2. The SMILES string of the molecule is CC(C)(C)CC(=O)N1CCN2C(=O)c3cc(-c4ccc(Cl)nc4)ccc3NC(=O)C2C1. The molecule has 2 aromatic rings. The summed E-state index contributed by atoms with van der Waals surface area (Å²) in [6.07, 6.45) is 2.04. The number of halogens is 1. The van der Waals surface area contributed by atoms with Gasteiger partial charge in [-0.15, -0.1) is 0 Å². The number of carbonyl (C=O) groups excluding carboxylic acids is 3. The molecule has 2 aliphatic rings. The molecule has 8 heteroatoms. The van der Waals surface area contributed by atoms with Crippen LogP contribution in [0, 0.1) is 5.41 Å². The van der Waals surface area contributed by atoms with Crippen LogP contribution >= 0.6 is 11.6 Å². The summed E-state index contributed by atoms with van der Waals surface area (Å²) in [7, 11) is 0. The molecule has 0 saturated carbocycles. The molecule has 162 valence electrons. The minimum absolute atomic E-state index is 0.00619. The van der Waals surface area contributed by atoms with Gasteiger partial charge in [0.15, 0.2) is 0 Å². The fourth-order valence-corrected chi connectivity index (χ4v) is 4.08. The molecule has 1 unspecified atom stereocenters. The van der Waals surface area contributed by atoms with Gasteiger partial charge < -0.3 is 15.1 Å². The van der Waals surface area contributed by atoms with E-state index in [0.717, 1.165) is 11.1 Å². The number of amides is 3. The fourth-order valence-electron chi connectivity index (χ4n) is 3.97. The minimum atomic E-state index is -0.710. The van der Waals surface area contributed by atoms with Crippen LogP contribution in [0.4, 0.5) is 5.69 Å². The smallest absolute Gasteiger partial charge is 0.256 e. The number of nitrogens with zero attached hydrogens (tertiary/aromatic N) is 3. The average Bonchev–Trinajstić information content (AvgIpc) is 2.82. The Labute approximate surface area is 186 Å². The molecule has 1 fully saturated rings. The predicted molar refractivity (Wildman–Crippen MR) is 119 cm³/mol. The van der Waals surface area contributed by atoms with Crippen molar-refractivity contribution in [1.29, 1.82) is 0 Å². The van der Waals surface area contributed by atoms with Crippen molar-refractivity contribution < 1.29 is 14.4 Å².